The first-order valence-corrected chi connectivity index (χ1v) is 11.9. The van der Waals surface area contributed by atoms with Gasteiger partial charge in [0.25, 0.3) is 11.5 Å². The molecule has 4 rings (SSSR count). The summed E-state index contributed by atoms with van der Waals surface area (Å²) in [6.45, 7) is 6.96. The van der Waals surface area contributed by atoms with Crippen LogP contribution >= 0.6 is 0 Å². The average molecular weight is 505 g/mol. The van der Waals surface area contributed by atoms with Crippen molar-refractivity contribution in [2.45, 2.75) is 58.6 Å². The molecule has 1 atom stereocenters. The molecule has 2 heterocycles. The standard InChI is InChI=1S/C27H28N4O6/c1-15-28-23-18(26(36)31(15)20-11-12-21(32)30-25(20)35)9-6-10-19(23)29-24(34)17-8-5-7-16(13-17)14-22(33)37-27(2,3)4/h5-10,13,20H,11-12,14H2,1-4H3,(H,29,34)(H,30,32,35). The Morgan fingerprint density at radius 2 is 1.86 bits per heavy atom. The van der Waals surface area contributed by atoms with E-state index in [0.717, 1.165) is 0 Å². The molecule has 0 spiro atoms. The van der Waals surface area contributed by atoms with Gasteiger partial charge < -0.3 is 10.1 Å². The predicted molar refractivity (Wildman–Crippen MR) is 136 cm³/mol. The van der Waals surface area contributed by atoms with Crippen LogP contribution in [0.1, 0.15) is 61.4 Å². The summed E-state index contributed by atoms with van der Waals surface area (Å²) in [7, 11) is 0. The van der Waals surface area contributed by atoms with E-state index in [1.54, 1.807) is 70.2 Å². The molecule has 10 nitrogen and oxygen atoms in total. The van der Waals surface area contributed by atoms with Crippen molar-refractivity contribution >= 4 is 40.3 Å². The van der Waals surface area contributed by atoms with Gasteiger partial charge >= 0.3 is 5.97 Å². The number of rotatable bonds is 5. The zero-order chi connectivity index (χ0) is 26.9. The summed E-state index contributed by atoms with van der Waals surface area (Å²) in [5.74, 6) is -1.47. The third-order valence-corrected chi connectivity index (χ3v) is 5.84. The summed E-state index contributed by atoms with van der Waals surface area (Å²) in [5, 5.41) is 5.29. The summed E-state index contributed by atoms with van der Waals surface area (Å²) < 4.78 is 6.64. The van der Waals surface area contributed by atoms with Crippen LogP contribution in [-0.2, 0) is 25.5 Å². The number of hydrogen-bond donors (Lipinski definition) is 2. The Labute approximate surface area is 213 Å². The fourth-order valence-corrected chi connectivity index (χ4v) is 4.29. The minimum absolute atomic E-state index is 0.0211. The van der Waals surface area contributed by atoms with Crippen molar-refractivity contribution < 1.29 is 23.9 Å². The first kappa shape index (κ1) is 25.7. The number of ether oxygens (including phenoxy) is 1. The third-order valence-electron chi connectivity index (χ3n) is 5.84. The number of nitrogens with zero attached hydrogens (tertiary/aromatic N) is 2. The lowest BCUT2D eigenvalue weighted by atomic mass is 10.1. The van der Waals surface area contributed by atoms with E-state index in [0.29, 0.717) is 16.8 Å². The zero-order valence-electron chi connectivity index (χ0n) is 21.1. The van der Waals surface area contributed by atoms with E-state index < -0.39 is 35.0 Å². The molecule has 1 unspecified atom stereocenters. The molecule has 37 heavy (non-hydrogen) atoms. The summed E-state index contributed by atoms with van der Waals surface area (Å²) in [4.78, 5) is 67.0. The highest BCUT2D eigenvalue weighted by molar-refractivity contribution is 6.08. The van der Waals surface area contributed by atoms with Crippen LogP contribution in [0.3, 0.4) is 0 Å². The number of benzene rings is 2. The van der Waals surface area contributed by atoms with Crippen LogP contribution < -0.4 is 16.2 Å². The Morgan fingerprint density at radius 1 is 1.14 bits per heavy atom. The molecule has 0 saturated carbocycles. The maximum Gasteiger partial charge on any atom is 0.310 e. The Hall–Kier alpha value is -4.34. The van der Waals surface area contributed by atoms with Gasteiger partial charge in [0.15, 0.2) is 0 Å². The van der Waals surface area contributed by atoms with Crippen LogP contribution in [-0.4, -0.2) is 38.8 Å². The fraction of sp³-hybridized carbons (Fsp3) is 0.333. The quantitative estimate of drug-likeness (QED) is 0.403. The predicted octanol–water partition coefficient (Wildman–Crippen LogP) is 2.82. The SMILES string of the molecule is Cc1nc2c(NC(=O)c3cccc(CC(=O)OC(C)(C)C)c3)cccc2c(=O)n1C1CCC(=O)NC1=O. The number of imide groups is 1. The first-order chi connectivity index (χ1) is 17.4. The van der Waals surface area contributed by atoms with Crippen LogP contribution in [0.2, 0.25) is 0 Å². The summed E-state index contributed by atoms with van der Waals surface area (Å²) in [6.07, 6.45) is 0.353. The normalized spacial score (nSPS) is 15.8. The number of carbonyl (C=O) groups excluding carboxylic acids is 4. The Kier molecular flexibility index (Phi) is 6.93. The molecule has 0 radical (unpaired) electrons. The number of piperidine rings is 1. The van der Waals surface area contributed by atoms with Crippen LogP contribution in [0.4, 0.5) is 5.69 Å². The van der Waals surface area contributed by atoms with Crippen molar-refractivity contribution in [2.24, 2.45) is 0 Å². The highest BCUT2D eigenvalue weighted by Gasteiger charge is 2.30. The molecule has 3 aromatic rings. The Balaban J connectivity index is 1.61. The fourth-order valence-electron chi connectivity index (χ4n) is 4.29. The molecule has 0 aliphatic carbocycles. The second-order valence-electron chi connectivity index (χ2n) is 9.92. The number of nitrogens with one attached hydrogen (secondary N) is 2. The van der Waals surface area contributed by atoms with Crippen molar-refractivity contribution in [3.05, 3.63) is 69.8 Å². The van der Waals surface area contributed by atoms with Crippen LogP contribution in [0, 0.1) is 6.92 Å². The van der Waals surface area contributed by atoms with Crippen molar-refractivity contribution in [1.29, 1.82) is 0 Å². The number of amides is 3. The monoisotopic (exact) mass is 504 g/mol. The van der Waals surface area contributed by atoms with Gasteiger partial charge in [-0.1, -0.05) is 18.2 Å². The van der Waals surface area contributed by atoms with E-state index in [-0.39, 0.29) is 41.9 Å². The minimum Gasteiger partial charge on any atom is -0.460 e. The smallest absolute Gasteiger partial charge is 0.310 e. The Bertz CT molecular complexity index is 1480. The lowest BCUT2D eigenvalue weighted by molar-refractivity contribution is -0.154. The van der Waals surface area contributed by atoms with E-state index in [4.69, 9.17) is 4.74 Å². The molecule has 1 saturated heterocycles. The van der Waals surface area contributed by atoms with E-state index in [1.165, 1.54) is 4.57 Å². The molecule has 10 heteroatoms. The van der Waals surface area contributed by atoms with Crippen molar-refractivity contribution in [2.75, 3.05) is 5.32 Å². The maximum atomic E-state index is 13.3. The van der Waals surface area contributed by atoms with Gasteiger partial charge in [0, 0.05) is 12.0 Å². The van der Waals surface area contributed by atoms with E-state index in [9.17, 15) is 24.0 Å². The molecule has 2 N–H and O–H groups in total. The van der Waals surface area contributed by atoms with E-state index in [2.05, 4.69) is 15.6 Å². The molecule has 0 bridgehead atoms. The molecular formula is C27H28N4O6. The topological polar surface area (TPSA) is 136 Å². The van der Waals surface area contributed by atoms with Gasteiger partial charge in [0.1, 0.15) is 23.0 Å². The molecule has 1 aliphatic rings. The van der Waals surface area contributed by atoms with Gasteiger partial charge in [-0.25, -0.2) is 4.98 Å². The number of esters is 1. The molecule has 1 aliphatic heterocycles. The average Bonchev–Trinajstić information content (AvgIpc) is 2.80. The number of carbonyl (C=O) groups is 4. The first-order valence-electron chi connectivity index (χ1n) is 11.9. The largest absolute Gasteiger partial charge is 0.460 e. The maximum absolute atomic E-state index is 13.3. The number of fused-ring (bicyclic) bond motifs is 1. The number of anilines is 1. The molecule has 1 fully saturated rings. The molecule has 3 amide bonds. The number of aromatic nitrogens is 2. The number of hydrogen-bond acceptors (Lipinski definition) is 7. The second-order valence-corrected chi connectivity index (χ2v) is 9.92. The second kappa shape index (κ2) is 9.96. The van der Waals surface area contributed by atoms with Crippen LogP contribution in [0.25, 0.3) is 10.9 Å². The van der Waals surface area contributed by atoms with Crippen molar-refractivity contribution in [3.63, 3.8) is 0 Å². The zero-order valence-corrected chi connectivity index (χ0v) is 21.1. The van der Waals surface area contributed by atoms with E-state index in [1.807, 2.05) is 0 Å². The summed E-state index contributed by atoms with van der Waals surface area (Å²) >= 11 is 0. The molecule has 1 aromatic heterocycles. The summed E-state index contributed by atoms with van der Waals surface area (Å²) in [6, 6.07) is 10.6. The lowest BCUT2D eigenvalue weighted by Crippen LogP contribution is -2.45. The summed E-state index contributed by atoms with van der Waals surface area (Å²) in [5.41, 5.74) is 0.519. The third kappa shape index (κ3) is 5.74. The minimum atomic E-state index is -0.840. The lowest BCUT2D eigenvalue weighted by Gasteiger charge is -2.24. The Morgan fingerprint density at radius 3 is 2.57 bits per heavy atom. The van der Waals surface area contributed by atoms with Gasteiger partial charge in [-0.3, -0.25) is 33.9 Å². The highest BCUT2D eigenvalue weighted by Crippen LogP contribution is 2.24. The van der Waals surface area contributed by atoms with E-state index >= 15 is 0 Å². The van der Waals surface area contributed by atoms with Gasteiger partial charge in [0.2, 0.25) is 11.8 Å². The van der Waals surface area contributed by atoms with Gasteiger partial charge in [-0.2, -0.15) is 0 Å². The van der Waals surface area contributed by atoms with Crippen molar-refractivity contribution in [3.8, 4) is 0 Å². The molecule has 192 valence electrons. The number of aryl methyl sites for hydroxylation is 1. The van der Waals surface area contributed by atoms with Gasteiger partial charge in [0.05, 0.1) is 17.5 Å². The number of para-hydroxylation sites is 1. The molecular weight excluding hydrogens is 476 g/mol. The van der Waals surface area contributed by atoms with Gasteiger partial charge in [-0.15, -0.1) is 0 Å². The highest BCUT2D eigenvalue weighted by atomic mass is 16.6. The van der Waals surface area contributed by atoms with Gasteiger partial charge in [-0.05, 0) is 63.9 Å². The van der Waals surface area contributed by atoms with Crippen LogP contribution in [0.5, 0.6) is 0 Å². The van der Waals surface area contributed by atoms with Crippen LogP contribution in [0.15, 0.2) is 47.3 Å². The molecule has 2 aromatic carbocycles. The van der Waals surface area contributed by atoms with Crippen molar-refractivity contribution in [1.82, 2.24) is 14.9 Å².